The average molecular weight is 405 g/mol. The summed E-state index contributed by atoms with van der Waals surface area (Å²) >= 11 is 0. The second-order valence-corrected chi connectivity index (χ2v) is 7.05. The molecule has 1 heterocycles. The van der Waals surface area contributed by atoms with Crippen molar-refractivity contribution in [3.63, 3.8) is 0 Å². The topological polar surface area (TPSA) is 52.7 Å². The lowest BCUT2D eigenvalue weighted by atomic mass is 10.1. The van der Waals surface area contributed by atoms with Crippen LogP contribution < -0.4 is 10.2 Å². The number of carbonyl (C=O) groups is 2. The average Bonchev–Trinajstić information content (AvgIpc) is 3.10. The van der Waals surface area contributed by atoms with Crippen LogP contribution in [0.1, 0.15) is 18.1 Å². The second kappa shape index (κ2) is 8.24. The van der Waals surface area contributed by atoms with Gasteiger partial charge in [-0.2, -0.15) is 13.2 Å². The minimum atomic E-state index is -4.57. The van der Waals surface area contributed by atoms with Crippen molar-refractivity contribution < 1.29 is 22.8 Å². The first-order valence-electron chi connectivity index (χ1n) is 9.24. The molecule has 2 amide bonds. The van der Waals surface area contributed by atoms with Gasteiger partial charge >= 0.3 is 6.18 Å². The monoisotopic (exact) mass is 405 g/mol. The highest BCUT2D eigenvalue weighted by Gasteiger charge is 2.34. The lowest BCUT2D eigenvalue weighted by Gasteiger charge is -2.28. The highest BCUT2D eigenvalue weighted by Crippen LogP contribution is 2.34. The molecule has 5 nitrogen and oxygen atoms in total. The molecule has 0 aliphatic carbocycles. The fourth-order valence-corrected chi connectivity index (χ4v) is 3.37. The maximum atomic E-state index is 13.1. The molecule has 3 rings (SSSR count). The molecule has 1 atom stereocenters. The van der Waals surface area contributed by atoms with E-state index in [1.165, 1.54) is 23.1 Å². The SMILES string of the molecule is C[C@H](C(=O)N1CCc2ccccc21)N(C)CC(=O)Nc1ccccc1C(F)(F)F. The van der Waals surface area contributed by atoms with Crippen molar-refractivity contribution in [3.8, 4) is 0 Å². The molecule has 8 heteroatoms. The number of nitrogens with one attached hydrogen (secondary N) is 1. The summed E-state index contributed by atoms with van der Waals surface area (Å²) in [6.07, 6.45) is -3.80. The van der Waals surface area contributed by atoms with Gasteiger partial charge in [-0.3, -0.25) is 14.5 Å². The first-order valence-corrected chi connectivity index (χ1v) is 9.24. The van der Waals surface area contributed by atoms with E-state index in [0.29, 0.717) is 6.54 Å². The normalized spacial score (nSPS) is 14.6. The van der Waals surface area contributed by atoms with E-state index < -0.39 is 23.7 Å². The number of fused-ring (bicyclic) bond motifs is 1. The predicted octanol–water partition coefficient (Wildman–Crippen LogP) is 3.55. The van der Waals surface area contributed by atoms with Crippen LogP contribution in [0.5, 0.6) is 0 Å². The van der Waals surface area contributed by atoms with Crippen LogP contribution in [0.25, 0.3) is 0 Å². The Morgan fingerprint density at radius 2 is 1.79 bits per heavy atom. The molecule has 2 aromatic carbocycles. The first-order chi connectivity index (χ1) is 13.7. The molecular weight excluding hydrogens is 383 g/mol. The summed E-state index contributed by atoms with van der Waals surface area (Å²) in [5, 5.41) is 2.30. The van der Waals surface area contributed by atoms with Crippen molar-refractivity contribution in [1.82, 2.24) is 4.90 Å². The van der Waals surface area contributed by atoms with Gasteiger partial charge in [0.05, 0.1) is 23.8 Å². The number of amides is 2. The number of hydrogen-bond acceptors (Lipinski definition) is 3. The van der Waals surface area contributed by atoms with Crippen LogP contribution in [0.4, 0.5) is 24.5 Å². The Morgan fingerprint density at radius 3 is 2.52 bits per heavy atom. The number of halogens is 3. The van der Waals surface area contributed by atoms with E-state index in [4.69, 9.17) is 0 Å². The lowest BCUT2D eigenvalue weighted by molar-refractivity contribution is -0.137. The molecule has 1 N–H and O–H groups in total. The zero-order chi connectivity index (χ0) is 21.2. The van der Waals surface area contributed by atoms with Crippen LogP contribution in [0.15, 0.2) is 48.5 Å². The number of likely N-dealkylation sites (N-methyl/N-ethyl adjacent to an activating group) is 1. The Labute approximate surface area is 167 Å². The Kier molecular flexibility index (Phi) is 5.93. The van der Waals surface area contributed by atoms with E-state index in [1.807, 2.05) is 24.3 Å². The number of rotatable bonds is 5. The van der Waals surface area contributed by atoms with Gasteiger partial charge in [0, 0.05) is 12.2 Å². The van der Waals surface area contributed by atoms with Crippen LogP contribution in [0.3, 0.4) is 0 Å². The van der Waals surface area contributed by atoms with E-state index >= 15 is 0 Å². The summed E-state index contributed by atoms with van der Waals surface area (Å²) < 4.78 is 39.2. The van der Waals surface area contributed by atoms with Gasteiger partial charge in [-0.05, 0) is 44.2 Å². The van der Waals surface area contributed by atoms with Gasteiger partial charge in [0.2, 0.25) is 11.8 Å². The van der Waals surface area contributed by atoms with E-state index in [-0.39, 0.29) is 18.1 Å². The molecule has 0 fully saturated rings. The van der Waals surface area contributed by atoms with Crippen LogP contribution in [-0.2, 0) is 22.2 Å². The molecule has 1 aliphatic heterocycles. The summed E-state index contributed by atoms with van der Waals surface area (Å²) in [6.45, 7) is 2.04. The van der Waals surface area contributed by atoms with Crippen molar-refractivity contribution in [1.29, 1.82) is 0 Å². The maximum absolute atomic E-state index is 13.1. The number of nitrogens with zero attached hydrogens (tertiary/aromatic N) is 2. The third kappa shape index (κ3) is 4.59. The van der Waals surface area contributed by atoms with Crippen LogP contribution in [0, 0.1) is 0 Å². The fourth-order valence-electron chi connectivity index (χ4n) is 3.37. The zero-order valence-electron chi connectivity index (χ0n) is 16.2. The van der Waals surface area contributed by atoms with Crippen LogP contribution in [-0.4, -0.2) is 42.9 Å². The third-order valence-electron chi connectivity index (χ3n) is 5.07. The van der Waals surface area contributed by atoms with E-state index in [0.717, 1.165) is 23.7 Å². The van der Waals surface area contributed by atoms with Gasteiger partial charge < -0.3 is 10.2 Å². The summed E-state index contributed by atoms with van der Waals surface area (Å²) in [5.41, 5.74) is 0.748. The van der Waals surface area contributed by atoms with Gasteiger partial charge in [-0.15, -0.1) is 0 Å². The second-order valence-electron chi connectivity index (χ2n) is 7.05. The highest BCUT2D eigenvalue weighted by atomic mass is 19.4. The maximum Gasteiger partial charge on any atom is 0.418 e. The Morgan fingerprint density at radius 1 is 1.14 bits per heavy atom. The fraction of sp³-hybridized carbons (Fsp3) is 0.333. The number of para-hydroxylation sites is 2. The van der Waals surface area contributed by atoms with E-state index in [1.54, 1.807) is 18.9 Å². The standard InChI is InChI=1S/C21H22F3N3O2/c1-14(20(29)27-12-11-15-7-3-6-10-18(15)27)26(2)13-19(28)25-17-9-5-4-8-16(17)21(22,23)24/h3-10,14H,11-13H2,1-2H3,(H,25,28)/t14-/m1/s1. The Hall–Kier alpha value is -2.87. The van der Waals surface area contributed by atoms with Crippen molar-refractivity contribution in [2.45, 2.75) is 25.6 Å². The van der Waals surface area contributed by atoms with Crippen molar-refractivity contribution in [2.75, 3.05) is 30.4 Å². The summed E-state index contributed by atoms with van der Waals surface area (Å²) in [6, 6.07) is 11.8. The molecule has 0 radical (unpaired) electrons. The van der Waals surface area contributed by atoms with Crippen LogP contribution >= 0.6 is 0 Å². The Bertz CT molecular complexity index is 914. The van der Waals surface area contributed by atoms with Gasteiger partial charge in [-0.25, -0.2) is 0 Å². The molecule has 0 aromatic heterocycles. The Balaban J connectivity index is 1.64. The largest absolute Gasteiger partial charge is 0.418 e. The number of anilines is 2. The number of benzene rings is 2. The molecule has 1 aliphatic rings. The predicted molar refractivity (Wildman–Crippen MR) is 105 cm³/mol. The zero-order valence-corrected chi connectivity index (χ0v) is 16.2. The molecule has 154 valence electrons. The summed E-state index contributed by atoms with van der Waals surface area (Å²) in [5.74, 6) is -0.772. The summed E-state index contributed by atoms with van der Waals surface area (Å²) in [4.78, 5) is 28.4. The molecule has 29 heavy (non-hydrogen) atoms. The van der Waals surface area contributed by atoms with Gasteiger partial charge in [0.1, 0.15) is 0 Å². The highest BCUT2D eigenvalue weighted by molar-refractivity contribution is 5.99. The number of carbonyl (C=O) groups excluding carboxylic acids is 2. The number of alkyl halides is 3. The van der Waals surface area contributed by atoms with Crippen molar-refractivity contribution in [3.05, 3.63) is 59.7 Å². The van der Waals surface area contributed by atoms with Crippen molar-refractivity contribution >= 4 is 23.2 Å². The first kappa shape index (κ1) is 20.9. The molecule has 2 aromatic rings. The number of hydrogen-bond donors (Lipinski definition) is 1. The molecule has 0 bridgehead atoms. The van der Waals surface area contributed by atoms with Crippen molar-refractivity contribution in [2.24, 2.45) is 0 Å². The smallest absolute Gasteiger partial charge is 0.324 e. The molecular formula is C21H22F3N3O2. The van der Waals surface area contributed by atoms with Gasteiger partial charge in [-0.1, -0.05) is 30.3 Å². The molecule has 0 spiro atoms. The van der Waals surface area contributed by atoms with Gasteiger partial charge in [0.25, 0.3) is 0 Å². The molecule has 0 saturated carbocycles. The lowest BCUT2D eigenvalue weighted by Crippen LogP contribution is -2.47. The minimum absolute atomic E-state index is 0.152. The van der Waals surface area contributed by atoms with E-state index in [9.17, 15) is 22.8 Å². The molecule has 0 unspecified atom stereocenters. The van der Waals surface area contributed by atoms with Gasteiger partial charge in [0.15, 0.2) is 0 Å². The third-order valence-corrected chi connectivity index (χ3v) is 5.07. The molecule has 0 saturated heterocycles. The van der Waals surface area contributed by atoms with E-state index in [2.05, 4.69) is 5.32 Å². The van der Waals surface area contributed by atoms with Crippen LogP contribution in [0.2, 0.25) is 0 Å². The minimum Gasteiger partial charge on any atom is -0.324 e. The quantitative estimate of drug-likeness (QED) is 0.828. The summed E-state index contributed by atoms with van der Waals surface area (Å²) in [7, 11) is 1.60.